The first-order valence-corrected chi connectivity index (χ1v) is 9.14. The summed E-state index contributed by atoms with van der Waals surface area (Å²) in [4.78, 5) is 0. The van der Waals surface area contributed by atoms with Crippen molar-refractivity contribution in [1.82, 2.24) is 0 Å². The Balaban J connectivity index is 2.18. The molecule has 0 unspecified atom stereocenters. The first-order valence-electron chi connectivity index (χ1n) is 9.14. The Bertz CT molecular complexity index is 942. The van der Waals surface area contributed by atoms with Gasteiger partial charge in [-0.05, 0) is 66.8 Å². The van der Waals surface area contributed by atoms with E-state index in [2.05, 4.69) is 95.8 Å². The van der Waals surface area contributed by atoms with Crippen LogP contribution in [0.5, 0.6) is 0 Å². The predicted molar refractivity (Wildman–Crippen MR) is 108 cm³/mol. The monoisotopic (exact) mass is 332 g/mol. The van der Waals surface area contributed by atoms with Crippen LogP contribution in [0.25, 0.3) is 22.0 Å². The number of rotatable bonds is 2. The SMILES string of the molecule is Cc1cc(C)c(C)c(-c2cc3cc(CC(C)(C)C)ccc3c[n+]2C)c1. The Morgan fingerprint density at radius 2 is 1.60 bits per heavy atom. The largest absolute Gasteiger partial charge is 0.213 e. The average Bonchev–Trinajstić information content (AvgIpc) is 2.49. The number of aromatic nitrogens is 1. The van der Waals surface area contributed by atoms with Crippen LogP contribution in [-0.4, -0.2) is 0 Å². The predicted octanol–water partition coefficient (Wildman–Crippen LogP) is 5.85. The van der Waals surface area contributed by atoms with Gasteiger partial charge in [-0.1, -0.05) is 44.5 Å². The maximum atomic E-state index is 2.36. The van der Waals surface area contributed by atoms with E-state index < -0.39 is 0 Å². The van der Waals surface area contributed by atoms with E-state index in [0.717, 1.165) is 6.42 Å². The molecule has 0 amide bonds. The maximum absolute atomic E-state index is 2.36. The topological polar surface area (TPSA) is 3.88 Å². The third kappa shape index (κ3) is 3.76. The van der Waals surface area contributed by atoms with Crippen molar-refractivity contribution >= 4 is 10.8 Å². The van der Waals surface area contributed by atoms with Crippen molar-refractivity contribution in [1.29, 1.82) is 0 Å². The lowest BCUT2D eigenvalue weighted by Crippen LogP contribution is -2.30. The maximum Gasteiger partial charge on any atom is 0.213 e. The molecular formula is C24H30N+. The van der Waals surface area contributed by atoms with Gasteiger partial charge in [0.15, 0.2) is 6.20 Å². The summed E-state index contributed by atoms with van der Waals surface area (Å²) in [7, 11) is 2.15. The summed E-state index contributed by atoms with van der Waals surface area (Å²) in [6, 6.07) is 13.8. The number of hydrogen-bond acceptors (Lipinski definition) is 0. The number of pyridine rings is 1. The van der Waals surface area contributed by atoms with Crippen LogP contribution in [0.4, 0.5) is 0 Å². The van der Waals surface area contributed by atoms with Crippen LogP contribution in [0, 0.1) is 26.2 Å². The summed E-state index contributed by atoms with van der Waals surface area (Å²) in [5.41, 5.74) is 8.38. The second kappa shape index (κ2) is 6.29. The van der Waals surface area contributed by atoms with Crippen LogP contribution in [0.15, 0.2) is 42.6 Å². The Hall–Kier alpha value is -2.15. The molecule has 0 aliphatic rings. The molecule has 130 valence electrons. The third-order valence-electron chi connectivity index (χ3n) is 4.98. The van der Waals surface area contributed by atoms with Gasteiger partial charge >= 0.3 is 0 Å². The molecule has 0 fully saturated rings. The van der Waals surface area contributed by atoms with Crippen LogP contribution in [0.2, 0.25) is 0 Å². The smallest absolute Gasteiger partial charge is 0.200 e. The van der Waals surface area contributed by atoms with E-state index in [1.165, 1.54) is 44.3 Å². The van der Waals surface area contributed by atoms with Crippen LogP contribution in [0.1, 0.15) is 43.0 Å². The highest BCUT2D eigenvalue weighted by Crippen LogP contribution is 2.28. The quantitative estimate of drug-likeness (QED) is 0.519. The number of nitrogens with zero attached hydrogens (tertiary/aromatic N) is 1. The van der Waals surface area contributed by atoms with E-state index in [9.17, 15) is 0 Å². The molecule has 1 nitrogen and oxygen atoms in total. The lowest BCUT2D eigenvalue weighted by Gasteiger charge is -2.18. The minimum Gasteiger partial charge on any atom is -0.200 e. The normalized spacial score (nSPS) is 12.0. The average molecular weight is 333 g/mol. The molecule has 1 heteroatoms. The molecule has 0 atom stereocenters. The first-order chi connectivity index (χ1) is 11.6. The fraction of sp³-hybridized carbons (Fsp3) is 0.375. The molecule has 25 heavy (non-hydrogen) atoms. The molecule has 0 aliphatic carbocycles. The van der Waals surface area contributed by atoms with Gasteiger partial charge in [0.1, 0.15) is 7.05 Å². The molecule has 0 bridgehead atoms. The number of hydrogen-bond donors (Lipinski definition) is 0. The molecule has 3 rings (SSSR count). The molecule has 0 N–H and O–H groups in total. The first kappa shape index (κ1) is 17.7. The van der Waals surface area contributed by atoms with Crippen LogP contribution >= 0.6 is 0 Å². The Labute approximate surface area is 152 Å². The van der Waals surface area contributed by atoms with E-state index in [1.54, 1.807) is 0 Å². The van der Waals surface area contributed by atoms with E-state index in [4.69, 9.17) is 0 Å². The van der Waals surface area contributed by atoms with Crippen LogP contribution < -0.4 is 4.57 Å². The minimum atomic E-state index is 0.306. The summed E-state index contributed by atoms with van der Waals surface area (Å²) < 4.78 is 2.26. The Kier molecular flexibility index (Phi) is 4.45. The molecule has 0 saturated heterocycles. The summed E-state index contributed by atoms with van der Waals surface area (Å²) in [6.07, 6.45) is 3.35. The lowest BCUT2D eigenvalue weighted by atomic mass is 9.87. The molecular weight excluding hydrogens is 302 g/mol. The molecule has 3 aromatic rings. The summed E-state index contributed by atoms with van der Waals surface area (Å²) in [5.74, 6) is 0. The highest BCUT2D eigenvalue weighted by atomic mass is 14.9. The highest BCUT2D eigenvalue weighted by molar-refractivity contribution is 5.85. The van der Waals surface area contributed by atoms with Gasteiger partial charge < -0.3 is 0 Å². The molecule has 0 saturated carbocycles. The highest BCUT2D eigenvalue weighted by Gasteiger charge is 2.17. The minimum absolute atomic E-state index is 0.306. The zero-order valence-corrected chi connectivity index (χ0v) is 16.7. The molecule has 1 heterocycles. The van der Waals surface area contributed by atoms with Gasteiger partial charge in [0, 0.05) is 17.0 Å². The van der Waals surface area contributed by atoms with Gasteiger partial charge in [-0.2, -0.15) is 0 Å². The van der Waals surface area contributed by atoms with Gasteiger partial charge in [-0.3, -0.25) is 0 Å². The second-order valence-corrected chi connectivity index (χ2v) is 8.72. The summed E-state index contributed by atoms with van der Waals surface area (Å²) >= 11 is 0. The standard InChI is InChI=1S/C24H30N/c1-16-10-17(2)18(3)22(11-16)23-13-21-12-19(14-24(4,5)6)8-9-20(21)15-25(23)7/h8-13,15H,14H2,1-7H3/q+1. The van der Waals surface area contributed by atoms with Crippen molar-refractivity contribution in [3.8, 4) is 11.3 Å². The van der Waals surface area contributed by atoms with Crippen molar-refractivity contribution in [3.63, 3.8) is 0 Å². The zero-order chi connectivity index (χ0) is 18.4. The summed E-state index contributed by atoms with van der Waals surface area (Å²) in [6.45, 7) is 13.5. The van der Waals surface area contributed by atoms with E-state index in [-0.39, 0.29) is 0 Å². The van der Waals surface area contributed by atoms with E-state index in [0.29, 0.717) is 5.41 Å². The molecule has 0 radical (unpaired) electrons. The van der Waals surface area contributed by atoms with E-state index in [1.807, 2.05) is 0 Å². The molecule has 2 aromatic carbocycles. The molecule has 0 aliphatic heterocycles. The third-order valence-corrected chi connectivity index (χ3v) is 4.98. The van der Waals surface area contributed by atoms with Crippen molar-refractivity contribution in [3.05, 3.63) is 64.8 Å². The van der Waals surface area contributed by atoms with Crippen molar-refractivity contribution in [2.45, 2.75) is 48.0 Å². The Morgan fingerprint density at radius 1 is 0.880 bits per heavy atom. The van der Waals surface area contributed by atoms with Gasteiger partial charge in [0.25, 0.3) is 0 Å². The molecule has 1 aromatic heterocycles. The van der Waals surface area contributed by atoms with Gasteiger partial charge in [0.05, 0.1) is 0 Å². The second-order valence-electron chi connectivity index (χ2n) is 8.72. The lowest BCUT2D eigenvalue weighted by molar-refractivity contribution is -0.659. The number of fused-ring (bicyclic) bond motifs is 1. The Morgan fingerprint density at radius 3 is 2.28 bits per heavy atom. The van der Waals surface area contributed by atoms with Gasteiger partial charge in [-0.15, -0.1) is 0 Å². The fourth-order valence-corrected chi connectivity index (χ4v) is 3.69. The van der Waals surface area contributed by atoms with Crippen molar-refractivity contribution in [2.24, 2.45) is 12.5 Å². The number of aryl methyl sites for hydroxylation is 3. The van der Waals surface area contributed by atoms with Crippen LogP contribution in [-0.2, 0) is 13.5 Å². The summed E-state index contributed by atoms with van der Waals surface area (Å²) in [5, 5.41) is 2.62. The van der Waals surface area contributed by atoms with E-state index >= 15 is 0 Å². The van der Waals surface area contributed by atoms with Gasteiger partial charge in [0.2, 0.25) is 5.69 Å². The van der Waals surface area contributed by atoms with Crippen LogP contribution in [0.3, 0.4) is 0 Å². The number of benzene rings is 2. The fourth-order valence-electron chi connectivity index (χ4n) is 3.69. The zero-order valence-electron chi connectivity index (χ0n) is 16.7. The molecule has 0 spiro atoms. The van der Waals surface area contributed by atoms with Crippen molar-refractivity contribution in [2.75, 3.05) is 0 Å². The van der Waals surface area contributed by atoms with Gasteiger partial charge in [-0.25, -0.2) is 4.57 Å². The van der Waals surface area contributed by atoms with Crippen molar-refractivity contribution < 1.29 is 4.57 Å².